The van der Waals surface area contributed by atoms with Crippen LogP contribution in [0, 0.1) is 23.7 Å². The summed E-state index contributed by atoms with van der Waals surface area (Å²) in [4.78, 5) is 4.72. The summed E-state index contributed by atoms with van der Waals surface area (Å²) in [6, 6.07) is 0. The maximum atomic E-state index is 4.72. The lowest BCUT2D eigenvalue weighted by Crippen LogP contribution is -2.41. The second-order valence-corrected chi connectivity index (χ2v) is 9.02. The minimum Gasteiger partial charge on any atom is -0.316 e. The molecule has 0 unspecified atom stereocenters. The Bertz CT molecular complexity index is 436. The lowest BCUT2D eigenvalue weighted by atomic mass is 9.62. The molecule has 1 aromatic rings. The number of nitrogens with one attached hydrogen (secondary N) is 1. The molecule has 0 amide bonds. The molecule has 0 aliphatic heterocycles. The number of aryl methyl sites for hydroxylation is 1. The molecule has 21 heavy (non-hydrogen) atoms. The molecule has 1 fully saturated rings. The van der Waals surface area contributed by atoms with Crippen molar-refractivity contribution in [2.24, 2.45) is 16.7 Å². The summed E-state index contributed by atoms with van der Waals surface area (Å²) in [5, 5.41) is 7.08. The highest BCUT2D eigenvalue weighted by atomic mass is 32.1. The van der Waals surface area contributed by atoms with Gasteiger partial charge in [-0.3, -0.25) is 0 Å². The number of hydrogen-bond acceptors (Lipinski definition) is 3. The molecule has 1 aliphatic rings. The first-order valence-electron chi connectivity index (χ1n) is 8.46. The van der Waals surface area contributed by atoms with Crippen molar-refractivity contribution in [2.45, 2.75) is 66.7 Å². The van der Waals surface area contributed by atoms with E-state index in [1.54, 1.807) is 11.3 Å². The quantitative estimate of drug-likeness (QED) is 0.843. The molecular formula is C18H32N2S. The summed E-state index contributed by atoms with van der Waals surface area (Å²) in [7, 11) is 0. The van der Waals surface area contributed by atoms with Gasteiger partial charge in [0.2, 0.25) is 0 Å². The van der Waals surface area contributed by atoms with Crippen molar-refractivity contribution in [1.29, 1.82) is 0 Å². The summed E-state index contributed by atoms with van der Waals surface area (Å²) in [5.74, 6) is 0.879. The predicted molar refractivity (Wildman–Crippen MR) is 92.9 cm³/mol. The Balaban J connectivity index is 2.05. The fourth-order valence-corrected chi connectivity index (χ4v) is 4.39. The topological polar surface area (TPSA) is 24.9 Å². The van der Waals surface area contributed by atoms with Crippen LogP contribution in [0.1, 0.15) is 64.1 Å². The summed E-state index contributed by atoms with van der Waals surface area (Å²) < 4.78 is 0. The van der Waals surface area contributed by atoms with Crippen LogP contribution in [0.4, 0.5) is 0 Å². The molecule has 3 heteroatoms. The van der Waals surface area contributed by atoms with E-state index in [2.05, 4.69) is 45.3 Å². The average Bonchev–Trinajstić information content (AvgIpc) is 2.81. The van der Waals surface area contributed by atoms with Gasteiger partial charge in [0.1, 0.15) is 0 Å². The van der Waals surface area contributed by atoms with Crippen LogP contribution in [0.15, 0.2) is 5.38 Å². The van der Waals surface area contributed by atoms with E-state index < -0.39 is 0 Å². The Hall–Kier alpha value is -0.410. The van der Waals surface area contributed by atoms with Gasteiger partial charge >= 0.3 is 0 Å². The minimum absolute atomic E-state index is 0.429. The smallest absolute Gasteiger partial charge is 0.0897 e. The first kappa shape index (κ1) is 17.0. The van der Waals surface area contributed by atoms with Crippen LogP contribution < -0.4 is 5.32 Å². The summed E-state index contributed by atoms with van der Waals surface area (Å²) in [6.07, 6.45) is 6.59. The zero-order valence-electron chi connectivity index (χ0n) is 14.5. The van der Waals surface area contributed by atoms with E-state index in [0.717, 1.165) is 25.4 Å². The van der Waals surface area contributed by atoms with E-state index in [0.29, 0.717) is 10.8 Å². The molecule has 1 saturated carbocycles. The highest BCUT2D eigenvalue weighted by Gasteiger charge is 2.38. The maximum absolute atomic E-state index is 4.72. The minimum atomic E-state index is 0.429. The standard InChI is InChI=1S/C18H32N2S/c1-6-19-13-18(11-16-12-21-14(2)20-16)9-7-15(8-10-18)17(3,4)5/h12,15,19H,6-11,13H2,1-5H3. The monoisotopic (exact) mass is 308 g/mol. The number of nitrogens with zero attached hydrogens (tertiary/aromatic N) is 1. The Labute approximate surface area is 134 Å². The molecule has 0 spiro atoms. The molecule has 2 rings (SSSR count). The number of hydrogen-bond donors (Lipinski definition) is 1. The largest absolute Gasteiger partial charge is 0.316 e. The molecule has 1 aromatic heterocycles. The van der Waals surface area contributed by atoms with E-state index in [9.17, 15) is 0 Å². The lowest BCUT2D eigenvalue weighted by molar-refractivity contribution is 0.0860. The van der Waals surface area contributed by atoms with Gasteiger partial charge in [0.05, 0.1) is 10.7 Å². The Morgan fingerprint density at radius 2 is 2.00 bits per heavy atom. The van der Waals surface area contributed by atoms with Gasteiger partial charge in [0.25, 0.3) is 0 Å². The molecule has 0 saturated heterocycles. The molecule has 2 nitrogen and oxygen atoms in total. The van der Waals surface area contributed by atoms with Gasteiger partial charge in [-0.1, -0.05) is 27.7 Å². The Morgan fingerprint density at radius 1 is 1.33 bits per heavy atom. The fraction of sp³-hybridized carbons (Fsp3) is 0.833. The maximum Gasteiger partial charge on any atom is 0.0897 e. The molecule has 0 bridgehead atoms. The third-order valence-corrected chi connectivity index (χ3v) is 6.07. The Morgan fingerprint density at radius 3 is 2.48 bits per heavy atom. The van der Waals surface area contributed by atoms with E-state index >= 15 is 0 Å². The summed E-state index contributed by atoms with van der Waals surface area (Å²) in [6.45, 7) is 13.7. The molecule has 120 valence electrons. The van der Waals surface area contributed by atoms with Gasteiger partial charge in [-0.15, -0.1) is 11.3 Å². The third kappa shape index (κ3) is 4.53. The van der Waals surface area contributed by atoms with Gasteiger partial charge in [0, 0.05) is 11.9 Å². The van der Waals surface area contributed by atoms with Crippen molar-refractivity contribution < 1.29 is 0 Å². The summed E-state index contributed by atoms with van der Waals surface area (Å²) in [5.41, 5.74) is 2.20. The Kier molecular flexibility index (Phi) is 5.48. The van der Waals surface area contributed by atoms with Crippen LogP contribution in [-0.2, 0) is 6.42 Å². The molecule has 0 aromatic carbocycles. The van der Waals surface area contributed by atoms with E-state index in [-0.39, 0.29) is 0 Å². The van der Waals surface area contributed by atoms with Crippen LogP contribution in [0.2, 0.25) is 0 Å². The number of thiazole rings is 1. The third-order valence-electron chi connectivity index (χ3n) is 5.24. The van der Waals surface area contributed by atoms with Gasteiger partial charge < -0.3 is 5.32 Å². The van der Waals surface area contributed by atoms with E-state index in [1.165, 1.54) is 36.4 Å². The molecule has 0 atom stereocenters. The first-order valence-corrected chi connectivity index (χ1v) is 9.34. The summed E-state index contributed by atoms with van der Waals surface area (Å²) >= 11 is 1.79. The normalized spacial score (nSPS) is 27.0. The van der Waals surface area contributed by atoms with Crippen molar-refractivity contribution in [3.63, 3.8) is 0 Å². The van der Waals surface area contributed by atoms with Crippen molar-refractivity contribution in [1.82, 2.24) is 10.3 Å². The van der Waals surface area contributed by atoms with Gasteiger partial charge in [0.15, 0.2) is 0 Å². The van der Waals surface area contributed by atoms with Crippen molar-refractivity contribution in [3.8, 4) is 0 Å². The molecule has 1 N–H and O–H groups in total. The number of aromatic nitrogens is 1. The highest BCUT2D eigenvalue weighted by molar-refractivity contribution is 7.09. The average molecular weight is 309 g/mol. The van der Waals surface area contributed by atoms with Gasteiger partial charge in [-0.05, 0) is 62.3 Å². The predicted octanol–water partition coefficient (Wildman–Crippen LogP) is 4.83. The highest BCUT2D eigenvalue weighted by Crippen LogP contribution is 2.46. The van der Waals surface area contributed by atoms with Crippen molar-refractivity contribution in [2.75, 3.05) is 13.1 Å². The fourth-order valence-electron chi connectivity index (χ4n) is 3.78. The van der Waals surface area contributed by atoms with Crippen molar-refractivity contribution >= 4 is 11.3 Å². The van der Waals surface area contributed by atoms with Crippen molar-refractivity contribution in [3.05, 3.63) is 16.1 Å². The SMILES string of the molecule is CCNCC1(Cc2csc(C)n2)CCC(C(C)(C)C)CC1. The first-order chi connectivity index (χ1) is 9.85. The number of rotatable bonds is 5. The second-order valence-electron chi connectivity index (χ2n) is 7.96. The van der Waals surface area contributed by atoms with Crippen LogP contribution in [0.25, 0.3) is 0 Å². The van der Waals surface area contributed by atoms with Crippen LogP contribution in [0.5, 0.6) is 0 Å². The van der Waals surface area contributed by atoms with Crippen LogP contribution in [-0.4, -0.2) is 18.1 Å². The molecule has 1 aliphatic carbocycles. The molecule has 0 radical (unpaired) electrons. The van der Waals surface area contributed by atoms with Gasteiger partial charge in [-0.2, -0.15) is 0 Å². The van der Waals surface area contributed by atoms with Crippen LogP contribution in [0.3, 0.4) is 0 Å². The van der Waals surface area contributed by atoms with Crippen LogP contribution >= 0.6 is 11.3 Å². The van der Waals surface area contributed by atoms with E-state index in [1.807, 2.05) is 0 Å². The molecular weight excluding hydrogens is 276 g/mol. The van der Waals surface area contributed by atoms with Gasteiger partial charge in [-0.25, -0.2) is 4.98 Å². The zero-order chi connectivity index (χ0) is 15.5. The molecule has 1 heterocycles. The lowest BCUT2D eigenvalue weighted by Gasteiger charge is -2.44. The van der Waals surface area contributed by atoms with E-state index in [4.69, 9.17) is 4.98 Å². The second kappa shape index (κ2) is 6.78. The zero-order valence-corrected chi connectivity index (χ0v) is 15.3.